The van der Waals surface area contributed by atoms with Crippen LogP contribution in [-0.2, 0) is 4.79 Å². The molecule has 1 amide bonds. The monoisotopic (exact) mass is 154 g/mol. The summed E-state index contributed by atoms with van der Waals surface area (Å²) >= 11 is 0. The standard InChI is InChI=1S/C9H16NO/c1-3-5-7-8(6-4-2)9(10)11/h4H,2-3,5-7H2,1H3,(H2,10,11). The summed E-state index contributed by atoms with van der Waals surface area (Å²) < 4.78 is 0. The number of unbranched alkanes of at least 4 members (excludes halogenated alkanes) is 1. The third-order valence-electron chi connectivity index (χ3n) is 1.57. The van der Waals surface area contributed by atoms with Gasteiger partial charge in [0.2, 0.25) is 5.91 Å². The van der Waals surface area contributed by atoms with E-state index in [2.05, 4.69) is 13.5 Å². The van der Waals surface area contributed by atoms with Crippen LogP contribution in [0.25, 0.3) is 0 Å². The minimum atomic E-state index is -0.279. The first kappa shape index (κ1) is 10.2. The molecule has 0 aromatic heterocycles. The van der Waals surface area contributed by atoms with Gasteiger partial charge in [-0.25, -0.2) is 0 Å². The van der Waals surface area contributed by atoms with E-state index in [1.54, 1.807) is 6.08 Å². The summed E-state index contributed by atoms with van der Waals surface area (Å²) in [5.41, 5.74) is 5.14. The van der Waals surface area contributed by atoms with E-state index in [0.29, 0.717) is 6.42 Å². The molecule has 11 heavy (non-hydrogen) atoms. The molecule has 63 valence electrons. The molecule has 0 aliphatic heterocycles. The van der Waals surface area contributed by atoms with Crippen molar-refractivity contribution in [2.75, 3.05) is 0 Å². The lowest BCUT2D eigenvalue weighted by Crippen LogP contribution is -2.20. The molecule has 0 aromatic carbocycles. The van der Waals surface area contributed by atoms with Gasteiger partial charge in [0.25, 0.3) is 0 Å². The largest absolute Gasteiger partial charge is 0.369 e. The van der Waals surface area contributed by atoms with E-state index in [-0.39, 0.29) is 5.91 Å². The van der Waals surface area contributed by atoms with Gasteiger partial charge in [0.15, 0.2) is 0 Å². The summed E-state index contributed by atoms with van der Waals surface area (Å²) in [5, 5.41) is 0. The van der Waals surface area contributed by atoms with E-state index < -0.39 is 0 Å². The van der Waals surface area contributed by atoms with Crippen LogP contribution in [0.4, 0.5) is 0 Å². The highest BCUT2D eigenvalue weighted by Gasteiger charge is 2.12. The van der Waals surface area contributed by atoms with Gasteiger partial charge in [-0.15, -0.1) is 6.58 Å². The second-order valence-electron chi connectivity index (χ2n) is 2.56. The Morgan fingerprint density at radius 2 is 2.27 bits per heavy atom. The Hall–Kier alpha value is -0.790. The molecule has 0 saturated heterocycles. The number of nitrogens with two attached hydrogens (primary N) is 1. The van der Waals surface area contributed by atoms with Gasteiger partial charge in [-0.05, 0) is 12.8 Å². The van der Waals surface area contributed by atoms with Crippen molar-refractivity contribution in [1.82, 2.24) is 0 Å². The molecule has 0 fully saturated rings. The first-order valence-corrected chi connectivity index (χ1v) is 3.97. The summed E-state index contributed by atoms with van der Waals surface area (Å²) in [4.78, 5) is 10.7. The van der Waals surface area contributed by atoms with Crippen LogP contribution in [0.5, 0.6) is 0 Å². The first-order valence-electron chi connectivity index (χ1n) is 3.97. The normalized spacial score (nSPS) is 10.0. The Morgan fingerprint density at radius 1 is 1.64 bits per heavy atom. The lowest BCUT2D eigenvalue weighted by Gasteiger charge is -2.07. The maximum atomic E-state index is 10.7. The smallest absolute Gasteiger partial charge is 0.225 e. The number of primary amides is 1. The Bertz CT molecular complexity index is 132. The van der Waals surface area contributed by atoms with Crippen molar-refractivity contribution < 1.29 is 4.79 Å². The first-order chi connectivity index (χ1) is 5.22. The molecule has 0 atom stereocenters. The van der Waals surface area contributed by atoms with Gasteiger partial charge < -0.3 is 5.73 Å². The molecule has 1 radical (unpaired) electrons. The van der Waals surface area contributed by atoms with Crippen molar-refractivity contribution in [3.63, 3.8) is 0 Å². The molecule has 0 rings (SSSR count). The van der Waals surface area contributed by atoms with Gasteiger partial charge in [-0.3, -0.25) is 4.79 Å². The average molecular weight is 154 g/mol. The van der Waals surface area contributed by atoms with Gasteiger partial charge >= 0.3 is 0 Å². The van der Waals surface area contributed by atoms with Crippen LogP contribution in [0.15, 0.2) is 12.7 Å². The Labute approximate surface area is 68.5 Å². The molecule has 2 nitrogen and oxygen atoms in total. The number of carbonyl (C=O) groups is 1. The molecule has 0 aromatic rings. The molecule has 0 unspecified atom stereocenters. The van der Waals surface area contributed by atoms with Crippen LogP contribution < -0.4 is 5.73 Å². The third-order valence-corrected chi connectivity index (χ3v) is 1.57. The molecule has 0 spiro atoms. The van der Waals surface area contributed by atoms with Crippen LogP contribution in [0.3, 0.4) is 0 Å². The molecule has 0 aliphatic rings. The van der Waals surface area contributed by atoms with Crippen LogP contribution in [0.1, 0.15) is 32.6 Å². The number of carbonyl (C=O) groups excluding carboxylic acids is 1. The minimum absolute atomic E-state index is 0.279. The highest BCUT2D eigenvalue weighted by atomic mass is 16.1. The molecular weight excluding hydrogens is 138 g/mol. The number of hydrogen-bond acceptors (Lipinski definition) is 1. The lowest BCUT2D eigenvalue weighted by atomic mass is 9.98. The molecular formula is C9H16NO. The van der Waals surface area contributed by atoms with E-state index in [1.165, 1.54) is 0 Å². The van der Waals surface area contributed by atoms with Crippen molar-refractivity contribution in [3.8, 4) is 0 Å². The SMILES string of the molecule is C=CC[C](CCCC)C(N)=O. The summed E-state index contributed by atoms with van der Waals surface area (Å²) in [7, 11) is 0. The van der Waals surface area contributed by atoms with E-state index in [9.17, 15) is 4.79 Å². The van der Waals surface area contributed by atoms with E-state index >= 15 is 0 Å². The second-order valence-corrected chi connectivity index (χ2v) is 2.56. The summed E-state index contributed by atoms with van der Waals surface area (Å²) in [6, 6.07) is 0. The highest BCUT2D eigenvalue weighted by Crippen LogP contribution is 2.14. The molecule has 2 heteroatoms. The zero-order valence-electron chi connectivity index (χ0n) is 7.10. The summed E-state index contributed by atoms with van der Waals surface area (Å²) in [5.74, 6) is 0.514. The molecule has 0 bridgehead atoms. The quantitative estimate of drug-likeness (QED) is 0.582. The van der Waals surface area contributed by atoms with Gasteiger partial charge in [0.05, 0.1) is 5.92 Å². The van der Waals surface area contributed by atoms with E-state index in [1.807, 2.05) is 0 Å². The number of allylic oxidation sites excluding steroid dienone is 1. The number of rotatable bonds is 6. The van der Waals surface area contributed by atoms with Crippen molar-refractivity contribution in [1.29, 1.82) is 0 Å². The summed E-state index contributed by atoms with van der Waals surface area (Å²) in [6.07, 6.45) is 5.29. The van der Waals surface area contributed by atoms with Gasteiger partial charge in [0, 0.05) is 0 Å². The fourth-order valence-corrected chi connectivity index (χ4v) is 0.890. The Kier molecular flexibility index (Phi) is 5.53. The number of hydrogen-bond donors (Lipinski definition) is 1. The lowest BCUT2D eigenvalue weighted by molar-refractivity contribution is -0.116. The van der Waals surface area contributed by atoms with E-state index in [0.717, 1.165) is 25.2 Å². The van der Waals surface area contributed by atoms with Crippen molar-refractivity contribution in [3.05, 3.63) is 18.6 Å². The highest BCUT2D eigenvalue weighted by molar-refractivity contribution is 5.88. The minimum Gasteiger partial charge on any atom is -0.369 e. The van der Waals surface area contributed by atoms with Crippen molar-refractivity contribution in [2.24, 2.45) is 5.73 Å². The van der Waals surface area contributed by atoms with Crippen molar-refractivity contribution in [2.45, 2.75) is 32.6 Å². The second kappa shape index (κ2) is 5.96. The zero-order chi connectivity index (χ0) is 8.69. The van der Waals surface area contributed by atoms with Gasteiger partial charge in [-0.2, -0.15) is 0 Å². The third kappa shape index (κ3) is 4.59. The maximum absolute atomic E-state index is 10.7. The average Bonchev–Trinajstić information content (AvgIpc) is 1.97. The van der Waals surface area contributed by atoms with Crippen LogP contribution in [0.2, 0.25) is 0 Å². The van der Waals surface area contributed by atoms with Crippen LogP contribution >= 0.6 is 0 Å². The zero-order valence-corrected chi connectivity index (χ0v) is 7.10. The Morgan fingerprint density at radius 3 is 2.64 bits per heavy atom. The molecule has 0 heterocycles. The molecule has 0 saturated carbocycles. The van der Waals surface area contributed by atoms with Crippen molar-refractivity contribution >= 4 is 5.91 Å². The fraction of sp³-hybridized carbons (Fsp3) is 0.556. The maximum Gasteiger partial charge on any atom is 0.225 e. The Balaban J connectivity index is 3.69. The predicted octanol–water partition coefficient (Wildman–Crippen LogP) is 1.81. The van der Waals surface area contributed by atoms with Gasteiger partial charge in [0.1, 0.15) is 0 Å². The predicted molar refractivity (Wildman–Crippen MR) is 46.8 cm³/mol. The fourth-order valence-electron chi connectivity index (χ4n) is 0.890. The number of amides is 1. The van der Waals surface area contributed by atoms with Crippen LogP contribution in [0, 0.1) is 5.92 Å². The van der Waals surface area contributed by atoms with E-state index in [4.69, 9.17) is 5.73 Å². The topological polar surface area (TPSA) is 43.1 Å². The van der Waals surface area contributed by atoms with Gasteiger partial charge in [-0.1, -0.05) is 25.8 Å². The molecule has 0 aliphatic carbocycles. The molecule has 2 N–H and O–H groups in total. The van der Waals surface area contributed by atoms with Crippen LogP contribution in [-0.4, -0.2) is 5.91 Å². The summed E-state index contributed by atoms with van der Waals surface area (Å²) in [6.45, 7) is 5.65.